The number of thiazole rings is 1. The summed E-state index contributed by atoms with van der Waals surface area (Å²) in [6, 6.07) is -0.768. The van der Waals surface area contributed by atoms with Crippen LogP contribution in [0.1, 0.15) is 5.69 Å². The first-order valence-electron chi connectivity index (χ1n) is 7.71. The number of allylic oxidation sites excluding steroid dienone is 3. The molecule has 134 valence electrons. The van der Waals surface area contributed by atoms with Crippen LogP contribution in [0.3, 0.4) is 0 Å². The zero-order chi connectivity index (χ0) is 18.7. The number of aliphatic imine (C=N–C) groups is 1. The molecule has 0 aromatic carbocycles. The number of rotatable bonds is 5. The summed E-state index contributed by atoms with van der Waals surface area (Å²) in [6.07, 6.45) is 6.72. The number of hydrogen-bond acceptors (Lipinski definition) is 6. The fourth-order valence-corrected chi connectivity index (χ4v) is 3.15. The molecule has 1 aliphatic heterocycles. The van der Waals surface area contributed by atoms with Crippen LogP contribution in [0, 0.1) is 5.92 Å². The molecule has 2 N–H and O–H groups in total. The Morgan fingerprint density at radius 2 is 2.08 bits per heavy atom. The van der Waals surface area contributed by atoms with E-state index in [0.717, 1.165) is 16.2 Å². The molecule has 1 aromatic heterocycles. The number of carbonyl (C=O) groups is 4. The molecule has 0 saturated carbocycles. The highest BCUT2D eigenvalue weighted by molar-refractivity contribution is 7.13. The molecule has 3 rings (SSSR count). The van der Waals surface area contributed by atoms with E-state index < -0.39 is 30.3 Å². The fraction of sp³-hybridized carbons (Fsp3) is 0.250. The highest BCUT2D eigenvalue weighted by atomic mass is 32.1. The number of likely N-dealkylation sites (N-methyl/N-ethyl adjacent to an activating group) is 1. The number of amides is 5. The van der Waals surface area contributed by atoms with E-state index in [4.69, 9.17) is 0 Å². The molecule has 5 amide bonds. The van der Waals surface area contributed by atoms with E-state index in [1.807, 2.05) is 0 Å². The van der Waals surface area contributed by atoms with Crippen molar-refractivity contribution in [1.29, 1.82) is 0 Å². The summed E-state index contributed by atoms with van der Waals surface area (Å²) in [6.45, 7) is -0.452. The monoisotopic (exact) mass is 373 g/mol. The lowest BCUT2D eigenvalue weighted by molar-refractivity contribution is -0.132. The lowest BCUT2D eigenvalue weighted by atomic mass is 9.95. The summed E-state index contributed by atoms with van der Waals surface area (Å²) in [5, 5.41) is 6.95. The summed E-state index contributed by atoms with van der Waals surface area (Å²) >= 11 is 1.15. The molecule has 0 radical (unpaired) electrons. The first kappa shape index (κ1) is 17.7. The van der Waals surface area contributed by atoms with Crippen molar-refractivity contribution in [2.24, 2.45) is 10.9 Å². The molecule has 10 heteroatoms. The molecule has 26 heavy (non-hydrogen) atoms. The third-order valence-electron chi connectivity index (χ3n) is 3.71. The van der Waals surface area contributed by atoms with Crippen molar-refractivity contribution in [3.63, 3.8) is 0 Å². The van der Waals surface area contributed by atoms with E-state index in [9.17, 15) is 19.2 Å². The number of aromatic nitrogens is 1. The zero-order valence-electron chi connectivity index (χ0n) is 13.8. The van der Waals surface area contributed by atoms with Crippen LogP contribution in [0.2, 0.25) is 0 Å². The average Bonchev–Trinajstić information content (AvgIpc) is 3.05. The maximum Gasteiger partial charge on any atom is 0.351 e. The third-order valence-corrected chi connectivity index (χ3v) is 4.51. The van der Waals surface area contributed by atoms with Crippen molar-refractivity contribution >= 4 is 45.9 Å². The van der Waals surface area contributed by atoms with Crippen LogP contribution < -0.4 is 10.6 Å². The number of imide groups is 1. The number of nitrogens with zero attached hydrogens (tertiary/aromatic N) is 3. The molecule has 1 atom stereocenters. The third kappa shape index (κ3) is 3.75. The summed E-state index contributed by atoms with van der Waals surface area (Å²) in [7, 11) is 1.52. The lowest BCUT2D eigenvalue weighted by Crippen LogP contribution is -2.48. The van der Waals surface area contributed by atoms with Gasteiger partial charge in [0.2, 0.25) is 17.7 Å². The molecule has 1 unspecified atom stereocenters. The van der Waals surface area contributed by atoms with E-state index in [1.54, 1.807) is 29.7 Å². The van der Waals surface area contributed by atoms with Crippen molar-refractivity contribution in [1.82, 2.24) is 15.2 Å². The number of fused-ring (bicyclic) bond motifs is 1. The molecule has 0 bridgehead atoms. The Bertz CT molecular complexity index is 870. The van der Waals surface area contributed by atoms with Crippen molar-refractivity contribution in [2.45, 2.75) is 6.42 Å². The van der Waals surface area contributed by atoms with Gasteiger partial charge in [0.25, 0.3) is 0 Å². The Kier molecular flexibility index (Phi) is 5.03. The first-order chi connectivity index (χ1) is 12.5. The molecule has 1 aromatic rings. The summed E-state index contributed by atoms with van der Waals surface area (Å²) in [5.74, 6) is -1.90. The van der Waals surface area contributed by atoms with Crippen LogP contribution in [0.4, 0.5) is 9.93 Å². The van der Waals surface area contributed by atoms with E-state index in [-0.39, 0.29) is 17.5 Å². The number of carbonyl (C=O) groups excluding carboxylic acids is 4. The summed E-state index contributed by atoms with van der Waals surface area (Å²) in [4.78, 5) is 56.7. The van der Waals surface area contributed by atoms with Crippen LogP contribution in [0.25, 0.3) is 0 Å². The summed E-state index contributed by atoms with van der Waals surface area (Å²) in [5.41, 5.74) is 0.890. The second kappa shape index (κ2) is 7.40. The van der Waals surface area contributed by atoms with Gasteiger partial charge in [-0.05, 0) is 6.08 Å². The Morgan fingerprint density at radius 1 is 1.27 bits per heavy atom. The first-order valence-corrected chi connectivity index (χ1v) is 8.59. The fourth-order valence-electron chi connectivity index (χ4n) is 2.43. The normalized spacial score (nSPS) is 18.4. The lowest BCUT2D eigenvalue weighted by Gasteiger charge is -2.27. The van der Waals surface area contributed by atoms with E-state index >= 15 is 0 Å². The van der Waals surface area contributed by atoms with Gasteiger partial charge in [-0.1, -0.05) is 18.2 Å². The predicted octanol–water partition coefficient (Wildman–Crippen LogP) is 0.515. The minimum atomic E-state index is -0.768. The highest BCUT2D eigenvalue weighted by Gasteiger charge is 2.36. The second-order valence-electron chi connectivity index (χ2n) is 5.51. The SMILES string of the molecule is CNC(=O)Cc1csc(NC(=O)CN2C(=O)N=C3C=CC=CC3C2=O)n1. The largest absolute Gasteiger partial charge is 0.359 e. The number of urea groups is 1. The smallest absolute Gasteiger partial charge is 0.351 e. The Morgan fingerprint density at radius 3 is 2.85 bits per heavy atom. The van der Waals surface area contributed by atoms with Crippen molar-refractivity contribution < 1.29 is 19.2 Å². The molecule has 0 fully saturated rings. The van der Waals surface area contributed by atoms with Gasteiger partial charge in [0, 0.05) is 12.4 Å². The number of anilines is 1. The Hall–Kier alpha value is -3.14. The molecular weight excluding hydrogens is 358 g/mol. The van der Waals surface area contributed by atoms with E-state index in [2.05, 4.69) is 20.6 Å². The van der Waals surface area contributed by atoms with Crippen molar-refractivity contribution in [3.05, 3.63) is 35.4 Å². The van der Waals surface area contributed by atoms with Gasteiger partial charge in [-0.25, -0.2) is 9.78 Å². The van der Waals surface area contributed by atoms with Crippen molar-refractivity contribution in [2.75, 3.05) is 18.9 Å². The van der Waals surface area contributed by atoms with Crippen LogP contribution >= 0.6 is 11.3 Å². The van der Waals surface area contributed by atoms with Crippen LogP contribution in [-0.2, 0) is 20.8 Å². The Labute approximate surface area is 152 Å². The van der Waals surface area contributed by atoms with Crippen LogP contribution in [0.5, 0.6) is 0 Å². The summed E-state index contributed by atoms with van der Waals surface area (Å²) < 4.78 is 0. The number of nitrogens with one attached hydrogen (secondary N) is 2. The second-order valence-corrected chi connectivity index (χ2v) is 6.37. The van der Waals surface area contributed by atoms with E-state index in [1.165, 1.54) is 7.05 Å². The minimum absolute atomic E-state index is 0.102. The zero-order valence-corrected chi connectivity index (χ0v) is 14.6. The van der Waals surface area contributed by atoms with Gasteiger partial charge in [0.05, 0.1) is 23.7 Å². The molecule has 2 aliphatic rings. The van der Waals surface area contributed by atoms with Gasteiger partial charge >= 0.3 is 6.03 Å². The standard InChI is InChI=1S/C16H15N5O4S/c1-17-12(22)6-9-8-26-15(18-9)20-13(23)7-21-14(24)10-4-2-3-5-11(10)19-16(21)25/h2-5,8,10H,6-7H2,1H3,(H,17,22)(H,18,20,23). The molecule has 0 spiro atoms. The van der Waals surface area contributed by atoms with Gasteiger partial charge in [0.1, 0.15) is 6.54 Å². The Balaban J connectivity index is 1.63. The van der Waals surface area contributed by atoms with Gasteiger partial charge in [-0.3, -0.25) is 19.3 Å². The molecule has 0 saturated heterocycles. The number of hydrogen-bond donors (Lipinski definition) is 2. The maximum atomic E-state index is 12.4. The van der Waals surface area contributed by atoms with Crippen LogP contribution in [-0.4, -0.2) is 52.9 Å². The van der Waals surface area contributed by atoms with Gasteiger partial charge in [-0.2, -0.15) is 4.99 Å². The van der Waals surface area contributed by atoms with Crippen molar-refractivity contribution in [3.8, 4) is 0 Å². The minimum Gasteiger partial charge on any atom is -0.359 e. The maximum absolute atomic E-state index is 12.4. The molecular formula is C16H15N5O4S. The quantitative estimate of drug-likeness (QED) is 0.779. The van der Waals surface area contributed by atoms with Gasteiger partial charge < -0.3 is 10.6 Å². The van der Waals surface area contributed by atoms with Gasteiger partial charge in [0.15, 0.2) is 5.13 Å². The molecule has 2 heterocycles. The molecule has 9 nitrogen and oxygen atoms in total. The van der Waals surface area contributed by atoms with Crippen LogP contribution in [0.15, 0.2) is 34.7 Å². The van der Waals surface area contributed by atoms with E-state index in [0.29, 0.717) is 11.4 Å². The highest BCUT2D eigenvalue weighted by Crippen LogP contribution is 2.20. The predicted molar refractivity (Wildman–Crippen MR) is 94.8 cm³/mol. The topological polar surface area (TPSA) is 121 Å². The van der Waals surface area contributed by atoms with Gasteiger partial charge in [-0.15, -0.1) is 11.3 Å². The average molecular weight is 373 g/mol. The molecule has 1 aliphatic carbocycles.